The highest BCUT2D eigenvalue weighted by atomic mass is 16.5. The van der Waals surface area contributed by atoms with Crippen molar-refractivity contribution < 1.29 is 9.53 Å². The fourth-order valence-corrected chi connectivity index (χ4v) is 3.49. The first-order valence-corrected chi connectivity index (χ1v) is 9.25. The smallest absolute Gasteiger partial charge is 0.250 e. The molecule has 6 nitrogen and oxygen atoms in total. The third kappa shape index (κ3) is 4.93. The summed E-state index contributed by atoms with van der Waals surface area (Å²) in [5, 5.41) is 3.07. The minimum absolute atomic E-state index is 0.0151. The van der Waals surface area contributed by atoms with E-state index in [4.69, 9.17) is 4.74 Å². The summed E-state index contributed by atoms with van der Waals surface area (Å²) in [5.74, 6) is 0.0151. The number of carbonyl (C=O) groups excluding carboxylic acids is 1. The minimum atomic E-state index is -0.333. The van der Waals surface area contributed by atoms with Crippen molar-refractivity contribution in [1.29, 1.82) is 0 Å². The Kier molecular flexibility index (Phi) is 6.29. The molecule has 0 aromatic heterocycles. The molecule has 2 aliphatic heterocycles. The summed E-state index contributed by atoms with van der Waals surface area (Å²) in [4.78, 5) is 19.3. The van der Waals surface area contributed by atoms with Gasteiger partial charge in [0.25, 0.3) is 5.91 Å². The largest absolute Gasteiger partial charge is 0.369 e. The highest BCUT2D eigenvalue weighted by Gasteiger charge is 2.26. The number of para-hydroxylation sites is 1. The van der Waals surface area contributed by atoms with Crippen molar-refractivity contribution >= 4 is 11.6 Å². The Morgan fingerprint density at radius 1 is 1.20 bits per heavy atom. The van der Waals surface area contributed by atoms with Crippen molar-refractivity contribution in [1.82, 2.24) is 15.1 Å². The number of ether oxygens (including phenoxy) is 1. The second kappa shape index (κ2) is 8.65. The second-order valence-electron chi connectivity index (χ2n) is 7.07. The molecule has 0 saturated carbocycles. The number of morpholine rings is 1. The van der Waals surface area contributed by atoms with Crippen LogP contribution < -0.4 is 10.2 Å². The van der Waals surface area contributed by atoms with Crippen LogP contribution in [-0.4, -0.2) is 87.3 Å². The van der Waals surface area contributed by atoms with Crippen LogP contribution in [0.2, 0.25) is 0 Å². The van der Waals surface area contributed by atoms with Crippen LogP contribution in [0.25, 0.3) is 0 Å². The summed E-state index contributed by atoms with van der Waals surface area (Å²) in [5.41, 5.74) is 1.29. The molecule has 0 radical (unpaired) electrons. The van der Waals surface area contributed by atoms with Gasteiger partial charge in [-0.1, -0.05) is 18.2 Å². The third-order valence-electron chi connectivity index (χ3n) is 5.19. The van der Waals surface area contributed by atoms with Gasteiger partial charge in [-0.15, -0.1) is 0 Å². The lowest BCUT2D eigenvalue weighted by molar-refractivity contribution is -0.138. The number of hydrogen-bond donors (Lipinski definition) is 1. The van der Waals surface area contributed by atoms with Crippen molar-refractivity contribution in [2.75, 3.05) is 64.4 Å². The first-order chi connectivity index (χ1) is 12.1. The quantitative estimate of drug-likeness (QED) is 0.848. The van der Waals surface area contributed by atoms with E-state index in [9.17, 15) is 4.79 Å². The summed E-state index contributed by atoms with van der Waals surface area (Å²) in [6.45, 7) is 9.16. The van der Waals surface area contributed by atoms with Gasteiger partial charge in [-0.3, -0.25) is 9.69 Å². The Labute approximate surface area is 150 Å². The van der Waals surface area contributed by atoms with Crippen LogP contribution in [0.4, 0.5) is 5.69 Å². The molecule has 1 amide bonds. The standard InChI is InChI=1S/C19H30N4O2/c1-16(14-20-19(24)18-15-21(2)12-13-25-18)22-8-10-23(11-9-22)17-6-4-3-5-7-17/h3-7,16,18H,8-15H2,1-2H3,(H,20,24)/t16-,18+/m1/s1. The zero-order valence-corrected chi connectivity index (χ0v) is 15.4. The van der Waals surface area contributed by atoms with Gasteiger partial charge in [0.05, 0.1) is 6.61 Å². The lowest BCUT2D eigenvalue weighted by atomic mass is 10.2. The Morgan fingerprint density at radius 3 is 2.60 bits per heavy atom. The SMILES string of the molecule is C[C@H](CNC(=O)[C@@H]1CN(C)CCO1)N1CCN(c2ccccc2)CC1. The number of hydrogen-bond acceptors (Lipinski definition) is 5. The Hall–Kier alpha value is -1.63. The van der Waals surface area contributed by atoms with Crippen LogP contribution in [0.15, 0.2) is 30.3 Å². The maximum atomic E-state index is 12.3. The highest BCUT2D eigenvalue weighted by Crippen LogP contribution is 2.16. The molecule has 1 aromatic carbocycles. The van der Waals surface area contributed by atoms with Gasteiger partial charge in [-0.25, -0.2) is 0 Å². The monoisotopic (exact) mass is 346 g/mol. The number of carbonyl (C=O) groups is 1. The maximum absolute atomic E-state index is 12.3. The second-order valence-corrected chi connectivity index (χ2v) is 7.07. The molecule has 6 heteroatoms. The van der Waals surface area contributed by atoms with E-state index in [0.717, 1.165) is 32.7 Å². The molecule has 2 aliphatic rings. The van der Waals surface area contributed by atoms with Crippen LogP contribution in [-0.2, 0) is 9.53 Å². The minimum Gasteiger partial charge on any atom is -0.369 e. The molecule has 0 bridgehead atoms. The van der Waals surface area contributed by atoms with Crippen LogP contribution in [0.3, 0.4) is 0 Å². The Balaban J connectivity index is 1.40. The predicted octanol–water partition coefficient (Wildman–Crippen LogP) is 0.644. The van der Waals surface area contributed by atoms with Crippen LogP contribution >= 0.6 is 0 Å². The molecule has 1 N–H and O–H groups in total. The fourth-order valence-electron chi connectivity index (χ4n) is 3.49. The summed E-state index contributed by atoms with van der Waals surface area (Å²) in [6.07, 6.45) is -0.333. The number of anilines is 1. The van der Waals surface area contributed by atoms with E-state index < -0.39 is 0 Å². The normalized spacial score (nSPS) is 24.1. The first-order valence-electron chi connectivity index (χ1n) is 9.25. The number of amides is 1. The molecule has 2 fully saturated rings. The molecule has 2 heterocycles. The van der Waals surface area contributed by atoms with Gasteiger partial charge in [0.2, 0.25) is 0 Å². The van der Waals surface area contributed by atoms with Crippen molar-refractivity contribution in [3.63, 3.8) is 0 Å². The molecule has 138 valence electrons. The molecule has 2 saturated heterocycles. The highest BCUT2D eigenvalue weighted by molar-refractivity contribution is 5.81. The van der Waals surface area contributed by atoms with Gasteiger partial charge in [0.1, 0.15) is 6.10 Å². The van der Waals surface area contributed by atoms with Crippen LogP contribution in [0.1, 0.15) is 6.92 Å². The van der Waals surface area contributed by atoms with Crippen molar-refractivity contribution in [3.05, 3.63) is 30.3 Å². The Morgan fingerprint density at radius 2 is 1.92 bits per heavy atom. The predicted molar refractivity (Wildman–Crippen MR) is 99.9 cm³/mol. The number of benzene rings is 1. The molecule has 1 aromatic rings. The number of nitrogens with zero attached hydrogens (tertiary/aromatic N) is 3. The molecule has 2 atom stereocenters. The lowest BCUT2D eigenvalue weighted by Crippen LogP contribution is -2.54. The maximum Gasteiger partial charge on any atom is 0.250 e. The first kappa shape index (κ1) is 18.2. The Bertz CT molecular complexity index is 546. The number of nitrogens with one attached hydrogen (secondary N) is 1. The molecular weight excluding hydrogens is 316 g/mol. The lowest BCUT2D eigenvalue weighted by Gasteiger charge is -2.39. The van der Waals surface area contributed by atoms with E-state index >= 15 is 0 Å². The van der Waals surface area contributed by atoms with E-state index in [0.29, 0.717) is 25.7 Å². The molecule has 0 aliphatic carbocycles. The number of rotatable bonds is 5. The van der Waals surface area contributed by atoms with Gasteiger partial charge in [-0.2, -0.15) is 0 Å². The number of likely N-dealkylation sites (N-methyl/N-ethyl adjacent to an activating group) is 1. The molecule has 0 spiro atoms. The average Bonchev–Trinajstić information content (AvgIpc) is 2.66. The van der Waals surface area contributed by atoms with Gasteiger partial charge in [-0.05, 0) is 26.1 Å². The van der Waals surface area contributed by atoms with Gasteiger partial charge in [0, 0.05) is 57.5 Å². The van der Waals surface area contributed by atoms with Gasteiger partial charge < -0.3 is 19.9 Å². The average molecular weight is 346 g/mol. The van der Waals surface area contributed by atoms with Gasteiger partial charge >= 0.3 is 0 Å². The van der Waals surface area contributed by atoms with Crippen molar-refractivity contribution in [3.8, 4) is 0 Å². The molecule has 25 heavy (non-hydrogen) atoms. The molecule has 0 unspecified atom stereocenters. The summed E-state index contributed by atoms with van der Waals surface area (Å²) in [6, 6.07) is 10.9. The van der Waals surface area contributed by atoms with Crippen LogP contribution in [0.5, 0.6) is 0 Å². The zero-order chi connectivity index (χ0) is 17.6. The van der Waals surface area contributed by atoms with E-state index in [1.165, 1.54) is 5.69 Å². The number of piperazine rings is 1. The summed E-state index contributed by atoms with van der Waals surface area (Å²) < 4.78 is 5.58. The zero-order valence-electron chi connectivity index (χ0n) is 15.4. The topological polar surface area (TPSA) is 48.1 Å². The summed E-state index contributed by atoms with van der Waals surface area (Å²) >= 11 is 0. The fraction of sp³-hybridized carbons (Fsp3) is 0.632. The van der Waals surface area contributed by atoms with Crippen LogP contribution in [0, 0.1) is 0 Å². The summed E-state index contributed by atoms with van der Waals surface area (Å²) in [7, 11) is 2.03. The van der Waals surface area contributed by atoms with E-state index in [1.807, 2.05) is 7.05 Å². The van der Waals surface area contributed by atoms with E-state index in [2.05, 4.69) is 57.3 Å². The van der Waals surface area contributed by atoms with E-state index in [1.54, 1.807) is 0 Å². The molecule has 3 rings (SSSR count). The van der Waals surface area contributed by atoms with Gasteiger partial charge in [0.15, 0.2) is 0 Å². The van der Waals surface area contributed by atoms with Crippen molar-refractivity contribution in [2.24, 2.45) is 0 Å². The van der Waals surface area contributed by atoms with E-state index in [-0.39, 0.29) is 12.0 Å². The third-order valence-corrected chi connectivity index (χ3v) is 5.19. The van der Waals surface area contributed by atoms with Crippen molar-refractivity contribution in [2.45, 2.75) is 19.1 Å². The molecular formula is C19H30N4O2.